The van der Waals surface area contributed by atoms with Gasteiger partial charge in [-0.25, -0.2) is 0 Å². The minimum atomic E-state index is -4.95. The fraction of sp³-hybridized carbons (Fsp3) is 0.548. The summed E-state index contributed by atoms with van der Waals surface area (Å²) < 4.78 is 86.9. The van der Waals surface area contributed by atoms with Crippen molar-refractivity contribution in [3.63, 3.8) is 0 Å². The molecule has 230 valence electrons. The Morgan fingerprint density at radius 3 is 1.93 bits per heavy atom. The van der Waals surface area contributed by atoms with Gasteiger partial charge < -0.3 is 14.5 Å². The zero-order valence-corrected chi connectivity index (χ0v) is 23.8. The molecule has 0 unspecified atom stereocenters. The van der Waals surface area contributed by atoms with E-state index < -0.39 is 35.7 Å². The number of benzene rings is 2. The summed E-state index contributed by atoms with van der Waals surface area (Å²) in [6.07, 6.45) is -8.62. The summed E-state index contributed by atoms with van der Waals surface area (Å²) in [6, 6.07) is 10.8. The van der Waals surface area contributed by atoms with Crippen LogP contribution in [0, 0.1) is 11.8 Å². The molecule has 0 bridgehead atoms. The quantitative estimate of drug-likeness (QED) is 0.334. The van der Waals surface area contributed by atoms with Gasteiger partial charge in [-0.2, -0.15) is 26.3 Å². The largest absolute Gasteiger partial charge is 0.416 e. The first-order chi connectivity index (χ1) is 19.6. The lowest BCUT2D eigenvalue weighted by atomic mass is 9.80. The van der Waals surface area contributed by atoms with Gasteiger partial charge in [0, 0.05) is 44.9 Å². The third kappa shape index (κ3) is 7.46. The van der Waals surface area contributed by atoms with Gasteiger partial charge in [-0.15, -0.1) is 0 Å². The Morgan fingerprint density at radius 1 is 0.857 bits per heavy atom. The van der Waals surface area contributed by atoms with Gasteiger partial charge in [0.2, 0.25) is 11.8 Å². The standard InChI is InChI=1S/C31H36F6N2O3/c1-19(23-15-24(30(32,33)34)17-25(16-23)31(35,36)37)42-27-13-14-39(18-26(27)20-7-5-4-6-8-20)29(41)22-11-9-21(10-12-22)28(40)38(2)3/h4-8,15-17,19,21-22,26-27H,9-14,18H2,1-3H3/t19-,21-,22-,26+,27+/m1/s1. The Kier molecular flexibility index (Phi) is 9.59. The maximum Gasteiger partial charge on any atom is 0.416 e. The zero-order chi connectivity index (χ0) is 30.8. The highest BCUT2D eigenvalue weighted by Crippen LogP contribution is 2.40. The summed E-state index contributed by atoms with van der Waals surface area (Å²) in [5.74, 6) is -0.539. The maximum absolute atomic E-state index is 13.5. The maximum atomic E-state index is 13.5. The predicted molar refractivity (Wildman–Crippen MR) is 144 cm³/mol. The van der Waals surface area contributed by atoms with Crippen molar-refractivity contribution in [3.05, 3.63) is 70.8 Å². The molecule has 0 aromatic heterocycles. The highest BCUT2D eigenvalue weighted by molar-refractivity contribution is 5.81. The summed E-state index contributed by atoms with van der Waals surface area (Å²) >= 11 is 0. The van der Waals surface area contributed by atoms with Crippen molar-refractivity contribution >= 4 is 11.8 Å². The minimum absolute atomic E-state index is 0.00544. The summed E-state index contributed by atoms with van der Waals surface area (Å²) in [5, 5.41) is 0. The van der Waals surface area contributed by atoms with E-state index in [0.29, 0.717) is 57.3 Å². The number of hydrogen-bond acceptors (Lipinski definition) is 3. The molecular weight excluding hydrogens is 562 g/mol. The van der Waals surface area contributed by atoms with Crippen molar-refractivity contribution in [2.24, 2.45) is 11.8 Å². The van der Waals surface area contributed by atoms with E-state index in [1.807, 2.05) is 30.3 Å². The van der Waals surface area contributed by atoms with Gasteiger partial charge in [0.1, 0.15) is 0 Å². The molecule has 11 heteroatoms. The molecule has 2 amide bonds. The molecule has 4 rings (SSSR count). The molecule has 1 aliphatic heterocycles. The number of ether oxygens (including phenoxy) is 1. The molecule has 1 heterocycles. The number of likely N-dealkylation sites (tertiary alicyclic amines) is 1. The Hall–Kier alpha value is -3.08. The van der Waals surface area contributed by atoms with Crippen LogP contribution in [0.4, 0.5) is 26.3 Å². The molecule has 1 saturated carbocycles. The lowest BCUT2D eigenvalue weighted by molar-refractivity contribution is -0.143. The number of amides is 2. The number of alkyl halides is 6. The average molecular weight is 599 g/mol. The average Bonchev–Trinajstić information content (AvgIpc) is 2.96. The van der Waals surface area contributed by atoms with E-state index in [0.717, 1.165) is 5.56 Å². The van der Waals surface area contributed by atoms with Crippen LogP contribution >= 0.6 is 0 Å². The first-order valence-corrected chi connectivity index (χ1v) is 14.1. The van der Waals surface area contributed by atoms with E-state index in [-0.39, 0.29) is 41.2 Å². The number of piperidine rings is 1. The van der Waals surface area contributed by atoms with Crippen LogP contribution < -0.4 is 0 Å². The van der Waals surface area contributed by atoms with Gasteiger partial charge in [0.15, 0.2) is 0 Å². The molecule has 1 aliphatic carbocycles. The Balaban J connectivity index is 1.51. The summed E-state index contributed by atoms with van der Waals surface area (Å²) in [4.78, 5) is 29.2. The second-order valence-corrected chi connectivity index (χ2v) is 11.5. The molecule has 1 saturated heterocycles. The summed E-state index contributed by atoms with van der Waals surface area (Å²) in [7, 11) is 3.44. The Bertz CT molecular complexity index is 1210. The van der Waals surface area contributed by atoms with Gasteiger partial charge in [-0.3, -0.25) is 9.59 Å². The van der Waals surface area contributed by atoms with Crippen LogP contribution in [-0.4, -0.2) is 54.9 Å². The number of carbonyl (C=O) groups excluding carboxylic acids is 2. The molecule has 2 aromatic carbocycles. The lowest BCUT2D eigenvalue weighted by Gasteiger charge is -2.41. The molecule has 3 atom stereocenters. The van der Waals surface area contributed by atoms with Crippen molar-refractivity contribution in [2.75, 3.05) is 27.2 Å². The van der Waals surface area contributed by atoms with Crippen LogP contribution in [0.5, 0.6) is 0 Å². The number of rotatable bonds is 6. The zero-order valence-electron chi connectivity index (χ0n) is 23.8. The van der Waals surface area contributed by atoms with Crippen LogP contribution in [0.1, 0.15) is 73.3 Å². The van der Waals surface area contributed by atoms with Crippen molar-refractivity contribution in [3.8, 4) is 0 Å². The van der Waals surface area contributed by atoms with Crippen LogP contribution in [0.25, 0.3) is 0 Å². The van der Waals surface area contributed by atoms with Crippen molar-refractivity contribution in [2.45, 2.75) is 69.5 Å². The lowest BCUT2D eigenvalue weighted by Crippen LogP contribution is -2.48. The molecule has 0 N–H and O–H groups in total. The smallest absolute Gasteiger partial charge is 0.370 e. The summed E-state index contributed by atoms with van der Waals surface area (Å²) in [6.45, 7) is 2.11. The number of hydrogen-bond donors (Lipinski definition) is 0. The van der Waals surface area contributed by atoms with Gasteiger partial charge in [0.05, 0.1) is 23.3 Å². The first kappa shape index (κ1) is 31.8. The van der Waals surface area contributed by atoms with Crippen LogP contribution in [0.15, 0.2) is 48.5 Å². The predicted octanol–water partition coefficient (Wildman–Crippen LogP) is 7.08. The van der Waals surface area contributed by atoms with Gasteiger partial charge in [0.25, 0.3) is 0 Å². The molecule has 0 spiro atoms. The van der Waals surface area contributed by atoms with E-state index in [1.54, 1.807) is 23.9 Å². The van der Waals surface area contributed by atoms with Crippen molar-refractivity contribution in [1.29, 1.82) is 0 Å². The van der Waals surface area contributed by atoms with Crippen LogP contribution in [0.3, 0.4) is 0 Å². The molecule has 2 aliphatic rings. The highest BCUT2D eigenvalue weighted by Gasteiger charge is 2.40. The van der Waals surface area contributed by atoms with E-state index in [1.165, 1.54) is 6.92 Å². The Labute approximate surface area is 241 Å². The van der Waals surface area contributed by atoms with Crippen molar-refractivity contribution < 1.29 is 40.7 Å². The fourth-order valence-corrected chi connectivity index (χ4v) is 6.08. The number of carbonyl (C=O) groups is 2. The van der Waals surface area contributed by atoms with Crippen LogP contribution in [0.2, 0.25) is 0 Å². The molecule has 2 fully saturated rings. The van der Waals surface area contributed by atoms with E-state index in [9.17, 15) is 35.9 Å². The molecule has 0 radical (unpaired) electrons. The van der Waals surface area contributed by atoms with Crippen LogP contribution in [-0.2, 0) is 26.7 Å². The Morgan fingerprint density at radius 2 is 1.40 bits per heavy atom. The van der Waals surface area contributed by atoms with Gasteiger partial charge in [-0.05, 0) is 68.4 Å². The molecule has 2 aromatic rings. The monoisotopic (exact) mass is 598 g/mol. The van der Waals surface area contributed by atoms with Gasteiger partial charge in [-0.1, -0.05) is 30.3 Å². The third-order valence-electron chi connectivity index (χ3n) is 8.41. The fourth-order valence-electron chi connectivity index (χ4n) is 6.08. The van der Waals surface area contributed by atoms with Crippen molar-refractivity contribution in [1.82, 2.24) is 9.80 Å². The third-order valence-corrected chi connectivity index (χ3v) is 8.41. The topological polar surface area (TPSA) is 49.9 Å². The second kappa shape index (κ2) is 12.7. The number of halogens is 6. The molecule has 5 nitrogen and oxygen atoms in total. The van der Waals surface area contributed by atoms with E-state index in [2.05, 4.69) is 0 Å². The second-order valence-electron chi connectivity index (χ2n) is 11.5. The number of nitrogens with zero attached hydrogens (tertiary/aromatic N) is 2. The minimum Gasteiger partial charge on any atom is -0.370 e. The van der Waals surface area contributed by atoms with Gasteiger partial charge >= 0.3 is 12.4 Å². The summed E-state index contributed by atoms with van der Waals surface area (Å²) in [5.41, 5.74) is -2.12. The van der Waals surface area contributed by atoms with E-state index >= 15 is 0 Å². The first-order valence-electron chi connectivity index (χ1n) is 14.1. The molecular formula is C31H36F6N2O3. The normalized spacial score (nSPS) is 24.3. The SMILES string of the molecule is C[C@@H](O[C@H]1CCN(C(=O)[C@H]2CC[C@H](C(=O)N(C)C)CC2)C[C@H]1c1ccccc1)c1cc(C(F)(F)F)cc(C(F)(F)F)c1. The highest BCUT2D eigenvalue weighted by atomic mass is 19.4. The van der Waals surface area contributed by atoms with E-state index in [4.69, 9.17) is 4.74 Å². The molecule has 42 heavy (non-hydrogen) atoms.